The number of hydrogen-bond donors (Lipinski definition) is 11. The maximum absolute atomic E-state index is 14.3. The summed E-state index contributed by atoms with van der Waals surface area (Å²) in [6, 6.07) is 0.222. The number of rotatable bonds is 40. The number of carbonyl (C=O) groups is 2. The molecule has 17 nitrogen and oxygen atoms in total. The number of amides is 2. The predicted octanol–water partition coefficient (Wildman–Crippen LogP) is 7.63. The standard InChI is InChI=1S/C45H92N14O.C2HF3O2/c1-3-5-31-54-43(50)56-35-25-17-9-13-21-29-39-58(37-27-19-11-7-15-23-33-52-41(46)47)45(60)59(38-28-20-12-8-16-24-34-53-42(48)49)40-30-22-14-10-18-26-36-57-44(51)55-32-6-4-2;3-2(4,5)1(6)7/h3-6H,7-40H2,1-2H3,(H4,46,47,52)(H4,48,49,53)(H3,50,54,56)(H3,51,55,57);(H,6,7)/b5-3+,6-4+;. The highest BCUT2D eigenvalue weighted by Crippen LogP contribution is 2.15. The number of aliphatic carboxylic acids is 1. The Morgan fingerprint density at radius 3 is 0.970 bits per heavy atom. The van der Waals surface area contributed by atoms with Crippen molar-refractivity contribution in [2.24, 2.45) is 32.9 Å². The van der Waals surface area contributed by atoms with Crippen LogP contribution in [0.25, 0.3) is 0 Å². The average Bonchev–Trinajstić information content (AvgIpc) is 3.27. The van der Waals surface area contributed by atoms with E-state index in [2.05, 4.69) is 41.1 Å². The number of carboxylic acids is 1. The molecule has 20 heteroatoms. The van der Waals surface area contributed by atoms with Crippen LogP contribution in [0.3, 0.4) is 0 Å². The highest BCUT2D eigenvalue weighted by molar-refractivity contribution is 5.78. The van der Waals surface area contributed by atoms with Gasteiger partial charge in [-0.1, -0.05) is 127 Å². The van der Waals surface area contributed by atoms with Crippen LogP contribution >= 0.6 is 0 Å². The molecule has 0 spiro atoms. The summed E-state index contributed by atoms with van der Waals surface area (Å²) in [7, 11) is 0. The molecule has 0 fully saturated rings. The number of unbranched alkanes of at least 4 members (excludes halogenated alkanes) is 20. The molecule has 15 N–H and O–H groups in total. The van der Waals surface area contributed by atoms with Crippen molar-refractivity contribution < 1.29 is 27.9 Å². The number of carboxylic acid groups (broad SMARTS) is 1. The zero-order valence-corrected chi connectivity index (χ0v) is 41.3. The van der Waals surface area contributed by atoms with E-state index in [-0.39, 0.29) is 18.0 Å². The first kappa shape index (κ1) is 64.2. The number of hydrogen-bond acceptors (Lipinski definition) is 6. The SMILES string of the molecule is C/C=C/CN=C(N)NCCCCCCCCN(CCCCCCCCNC(=N)N)C(=O)N(CCCCCCCCNC(=N)N)CCCCCCCCNC(N)=NC/C=C/C.O=C(O)C(F)(F)F. The molecule has 0 heterocycles. The summed E-state index contributed by atoms with van der Waals surface area (Å²) >= 11 is 0. The van der Waals surface area contributed by atoms with Crippen LogP contribution in [0.1, 0.15) is 168 Å². The summed E-state index contributed by atoms with van der Waals surface area (Å²) in [6.07, 6.45) is 29.5. The molecule has 0 unspecified atom stereocenters. The highest BCUT2D eigenvalue weighted by Gasteiger charge is 2.38. The van der Waals surface area contributed by atoms with Gasteiger partial charge in [-0.3, -0.25) is 10.8 Å². The van der Waals surface area contributed by atoms with Crippen molar-refractivity contribution in [3.05, 3.63) is 24.3 Å². The van der Waals surface area contributed by atoms with E-state index in [1.54, 1.807) is 0 Å². The van der Waals surface area contributed by atoms with Crippen molar-refractivity contribution in [3.63, 3.8) is 0 Å². The van der Waals surface area contributed by atoms with Crippen LogP contribution in [0.2, 0.25) is 0 Å². The van der Waals surface area contributed by atoms with Crippen LogP contribution in [0, 0.1) is 10.8 Å². The second kappa shape index (κ2) is 46.2. The van der Waals surface area contributed by atoms with Gasteiger partial charge >= 0.3 is 18.2 Å². The van der Waals surface area contributed by atoms with Crippen molar-refractivity contribution in [1.29, 1.82) is 10.8 Å². The Morgan fingerprint density at radius 1 is 0.493 bits per heavy atom. The van der Waals surface area contributed by atoms with E-state index in [4.69, 9.17) is 43.7 Å². The van der Waals surface area contributed by atoms with Gasteiger partial charge in [-0.15, -0.1) is 0 Å². The zero-order chi connectivity index (χ0) is 50.2. The fraction of sp³-hybridized carbons (Fsp3) is 0.787. The number of nitrogens with zero attached hydrogens (tertiary/aromatic N) is 4. The molecule has 0 saturated heterocycles. The third kappa shape index (κ3) is 47.4. The molecule has 0 aliphatic carbocycles. The molecule has 0 saturated carbocycles. The lowest BCUT2D eigenvalue weighted by atomic mass is 10.1. The van der Waals surface area contributed by atoms with Gasteiger partial charge in [-0.25, -0.2) is 19.6 Å². The number of nitrogens with two attached hydrogens (primary N) is 4. The number of guanidine groups is 4. The van der Waals surface area contributed by atoms with Gasteiger partial charge in [0.25, 0.3) is 0 Å². The Labute approximate surface area is 401 Å². The Morgan fingerprint density at radius 2 is 0.731 bits per heavy atom. The maximum atomic E-state index is 14.3. The van der Waals surface area contributed by atoms with Gasteiger partial charge in [0.05, 0.1) is 13.1 Å². The lowest BCUT2D eigenvalue weighted by Gasteiger charge is -2.31. The molecule has 0 aliphatic rings. The number of halogens is 3. The second-order valence-corrected chi connectivity index (χ2v) is 16.7. The average molecular weight is 959 g/mol. The number of aliphatic imine (C=N–C) groups is 2. The fourth-order valence-electron chi connectivity index (χ4n) is 6.85. The lowest BCUT2D eigenvalue weighted by molar-refractivity contribution is -0.192. The predicted molar refractivity (Wildman–Crippen MR) is 271 cm³/mol. The van der Waals surface area contributed by atoms with Gasteiger partial charge in [0.15, 0.2) is 23.8 Å². The topological polar surface area (TPSA) is 285 Å². The van der Waals surface area contributed by atoms with Gasteiger partial charge in [0, 0.05) is 52.4 Å². The van der Waals surface area contributed by atoms with E-state index < -0.39 is 12.1 Å². The highest BCUT2D eigenvalue weighted by atomic mass is 19.4. The third-order valence-corrected chi connectivity index (χ3v) is 10.7. The first-order chi connectivity index (χ1) is 32.1. The monoisotopic (exact) mass is 959 g/mol. The van der Waals surface area contributed by atoms with Gasteiger partial charge in [0.2, 0.25) is 0 Å². The Hall–Kier alpha value is -4.91. The van der Waals surface area contributed by atoms with E-state index in [0.29, 0.717) is 25.0 Å². The van der Waals surface area contributed by atoms with E-state index in [9.17, 15) is 18.0 Å². The molecule has 0 radical (unpaired) electrons. The van der Waals surface area contributed by atoms with E-state index in [1.165, 1.54) is 25.7 Å². The van der Waals surface area contributed by atoms with E-state index in [0.717, 1.165) is 181 Å². The summed E-state index contributed by atoms with van der Waals surface area (Å²) in [5.41, 5.74) is 22.7. The lowest BCUT2D eigenvalue weighted by Crippen LogP contribution is -2.45. The minimum atomic E-state index is -5.08. The third-order valence-electron chi connectivity index (χ3n) is 10.7. The number of carbonyl (C=O) groups excluding carboxylic acids is 1. The molecular formula is C47H93F3N14O3. The summed E-state index contributed by atoms with van der Waals surface area (Å²) in [6.45, 7) is 11.7. The van der Waals surface area contributed by atoms with Crippen molar-refractivity contribution in [3.8, 4) is 0 Å². The van der Waals surface area contributed by atoms with Crippen molar-refractivity contribution in [1.82, 2.24) is 31.1 Å². The van der Waals surface area contributed by atoms with E-state index in [1.807, 2.05) is 38.2 Å². The Kier molecular flexibility index (Phi) is 44.3. The summed E-state index contributed by atoms with van der Waals surface area (Å²) in [5.74, 6) is -1.66. The molecular weight excluding hydrogens is 866 g/mol. The maximum Gasteiger partial charge on any atom is 0.490 e. The zero-order valence-electron chi connectivity index (χ0n) is 41.3. The molecule has 0 atom stereocenters. The minimum absolute atomic E-state index is 0.0388. The summed E-state index contributed by atoms with van der Waals surface area (Å²) in [5, 5.41) is 34.0. The van der Waals surface area contributed by atoms with Crippen LogP contribution in [0.5, 0.6) is 0 Å². The molecule has 0 aliphatic heterocycles. The van der Waals surface area contributed by atoms with Crippen LogP contribution < -0.4 is 44.2 Å². The van der Waals surface area contributed by atoms with Crippen LogP contribution in [-0.4, -0.2) is 122 Å². The van der Waals surface area contributed by atoms with Crippen LogP contribution in [0.15, 0.2) is 34.3 Å². The quantitative estimate of drug-likeness (QED) is 0.0123. The smallest absolute Gasteiger partial charge is 0.475 e. The largest absolute Gasteiger partial charge is 0.490 e. The van der Waals surface area contributed by atoms with E-state index >= 15 is 0 Å². The molecule has 0 aromatic heterocycles. The Balaban J connectivity index is 0. The first-order valence-electron chi connectivity index (χ1n) is 24.9. The minimum Gasteiger partial charge on any atom is -0.475 e. The molecule has 67 heavy (non-hydrogen) atoms. The Bertz CT molecular complexity index is 1280. The van der Waals surface area contributed by atoms with Gasteiger partial charge in [-0.2, -0.15) is 13.2 Å². The van der Waals surface area contributed by atoms with Crippen LogP contribution in [-0.2, 0) is 4.79 Å². The fourth-order valence-corrected chi connectivity index (χ4v) is 6.85. The first-order valence-corrected chi connectivity index (χ1v) is 24.9. The van der Waals surface area contributed by atoms with Crippen LogP contribution in [0.4, 0.5) is 18.0 Å². The number of alkyl halides is 3. The number of allylic oxidation sites excluding steroid dienone is 2. The van der Waals surface area contributed by atoms with Gasteiger partial charge in [0.1, 0.15) is 0 Å². The summed E-state index contributed by atoms with van der Waals surface area (Å²) in [4.78, 5) is 36.1. The van der Waals surface area contributed by atoms with Gasteiger partial charge in [-0.05, 0) is 65.2 Å². The number of nitrogens with one attached hydrogen (secondary N) is 6. The van der Waals surface area contributed by atoms with Crippen molar-refractivity contribution >= 4 is 35.8 Å². The molecule has 2 amide bonds. The van der Waals surface area contributed by atoms with Crippen molar-refractivity contribution in [2.45, 2.75) is 174 Å². The molecule has 390 valence electrons. The summed E-state index contributed by atoms with van der Waals surface area (Å²) < 4.78 is 31.7. The molecule has 0 rings (SSSR count). The van der Waals surface area contributed by atoms with Gasteiger partial charge < -0.3 is 59.1 Å². The normalized spacial score (nSPS) is 11.9. The van der Waals surface area contributed by atoms with Crippen molar-refractivity contribution in [2.75, 3.05) is 65.4 Å². The second-order valence-electron chi connectivity index (χ2n) is 16.7. The number of urea groups is 1. The molecule has 0 aromatic carbocycles. The molecule has 0 aromatic rings. The molecule has 0 bridgehead atoms.